The zero-order valence-corrected chi connectivity index (χ0v) is 11.4. The van der Waals surface area contributed by atoms with Crippen molar-refractivity contribution in [1.29, 1.82) is 0 Å². The molecule has 0 aliphatic carbocycles. The normalized spacial score (nSPS) is 11.5. The highest BCUT2D eigenvalue weighted by Crippen LogP contribution is 2.23. The van der Waals surface area contributed by atoms with Crippen LogP contribution in [0.4, 0.5) is 0 Å². The van der Waals surface area contributed by atoms with E-state index in [4.69, 9.17) is 10.7 Å². The summed E-state index contributed by atoms with van der Waals surface area (Å²) in [5.41, 5.74) is 0.189. The van der Waals surface area contributed by atoms with Crippen molar-refractivity contribution in [3.8, 4) is 0 Å². The smallest absolute Gasteiger partial charge is 0.275 e. The van der Waals surface area contributed by atoms with Gasteiger partial charge in [-0.2, -0.15) is 5.10 Å². The quantitative estimate of drug-likeness (QED) is 0.833. The molecule has 0 fully saturated rings. The molecule has 96 valence electrons. The molecule has 17 heavy (non-hydrogen) atoms. The van der Waals surface area contributed by atoms with E-state index in [1.807, 2.05) is 0 Å². The molecular formula is C9H14ClN3O3S. The first-order valence-electron chi connectivity index (χ1n) is 5.10. The number of halogens is 1. The van der Waals surface area contributed by atoms with Gasteiger partial charge in [0.2, 0.25) is 0 Å². The fourth-order valence-electron chi connectivity index (χ4n) is 1.34. The van der Waals surface area contributed by atoms with Crippen molar-refractivity contribution in [2.45, 2.75) is 25.2 Å². The Morgan fingerprint density at radius 2 is 2.06 bits per heavy atom. The molecule has 0 saturated carbocycles. The van der Waals surface area contributed by atoms with Gasteiger partial charge in [0, 0.05) is 24.3 Å². The van der Waals surface area contributed by atoms with E-state index in [9.17, 15) is 13.2 Å². The number of hydrogen-bond donors (Lipinski definition) is 1. The van der Waals surface area contributed by atoms with Crippen LogP contribution in [0.25, 0.3) is 0 Å². The summed E-state index contributed by atoms with van der Waals surface area (Å²) in [7, 11) is 2.90. The molecule has 0 spiro atoms. The van der Waals surface area contributed by atoms with Crippen LogP contribution in [0.5, 0.6) is 0 Å². The highest BCUT2D eigenvalue weighted by Gasteiger charge is 2.28. The molecule has 0 bridgehead atoms. The average Bonchev–Trinajstić information content (AvgIpc) is 2.70. The lowest BCUT2D eigenvalue weighted by Crippen LogP contribution is -2.27. The van der Waals surface area contributed by atoms with Crippen molar-refractivity contribution in [1.82, 2.24) is 15.1 Å². The first kappa shape index (κ1) is 14.0. The van der Waals surface area contributed by atoms with Crippen molar-refractivity contribution in [3.63, 3.8) is 0 Å². The van der Waals surface area contributed by atoms with E-state index in [-0.39, 0.29) is 10.6 Å². The Hall–Kier alpha value is -1.08. The molecule has 8 heteroatoms. The Morgan fingerprint density at radius 1 is 1.47 bits per heavy atom. The molecule has 1 aromatic heterocycles. The highest BCUT2D eigenvalue weighted by molar-refractivity contribution is 8.13. The zero-order valence-electron chi connectivity index (χ0n) is 9.82. The maximum Gasteiger partial charge on any atom is 0.275 e. The largest absolute Gasteiger partial charge is 0.341 e. The Morgan fingerprint density at radius 3 is 2.47 bits per heavy atom. The van der Waals surface area contributed by atoms with Gasteiger partial charge in [-0.3, -0.25) is 9.89 Å². The topological polar surface area (TPSA) is 83.1 Å². The summed E-state index contributed by atoms with van der Waals surface area (Å²) in [6.45, 7) is 3.98. The number of hydrogen-bond acceptors (Lipinski definition) is 4. The van der Waals surface area contributed by atoms with Gasteiger partial charge < -0.3 is 4.90 Å². The predicted molar refractivity (Wildman–Crippen MR) is 63.6 cm³/mol. The standard InChI is InChI=1S/C9H14ClN3O3S/c1-4-6-8(17(10,15)16)7(12-11-6)9(14)13(3)5-2/h4-5H2,1-3H3,(H,11,12). The second kappa shape index (κ2) is 5.05. The number of H-pyrrole nitrogens is 1. The van der Waals surface area contributed by atoms with Crippen molar-refractivity contribution >= 4 is 25.6 Å². The summed E-state index contributed by atoms with van der Waals surface area (Å²) in [6.07, 6.45) is 0.400. The van der Waals surface area contributed by atoms with Gasteiger partial charge in [0.25, 0.3) is 15.0 Å². The molecule has 1 heterocycles. The minimum atomic E-state index is -3.99. The van der Waals surface area contributed by atoms with Gasteiger partial charge in [-0.05, 0) is 13.3 Å². The molecule has 1 amide bonds. The second-order valence-corrected chi connectivity index (χ2v) is 5.99. The van der Waals surface area contributed by atoms with Crippen LogP contribution in [0.1, 0.15) is 30.0 Å². The van der Waals surface area contributed by atoms with Gasteiger partial charge in [0.1, 0.15) is 4.90 Å². The van der Waals surface area contributed by atoms with Gasteiger partial charge in [0.15, 0.2) is 5.69 Å². The average molecular weight is 280 g/mol. The lowest BCUT2D eigenvalue weighted by molar-refractivity contribution is 0.0793. The van der Waals surface area contributed by atoms with E-state index in [2.05, 4.69) is 10.2 Å². The van der Waals surface area contributed by atoms with E-state index in [1.54, 1.807) is 20.9 Å². The number of rotatable bonds is 4. The minimum Gasteiger partial charge on any atom is -0.341 e. The fourth-order valence-corrected chi connectivity index (χ4v) is 2.69. The molecule has 1 aromatic rings. The molecule has 0 saturated heterocycles. The summed E-state index contributed by atoms with van der Waals surface area (Å²) in [5, 5.41) is 6.27. The molecule has 1 N–H and O–H groups in total. The van der Waals surface area contributed by atoms with Gasteiger partial charge in [-0.15, -0.1) is 0 Å². The van der Waals surface area contributed by atoms with E-state index < -0.39 is 15.0 Å². The van der Waals surface area contributed by atoms with Gasteiger partial charge in [-0.1, -0.05) is 6.92 Å². The van der Waals surface area contributed by atoms with Crippen LogP contribution >= 0.6 is 10.7 Å². The zero-order chi connectivity index (χ0) is 13.2. The number of nitrogens with zero attached hydrogens (tertiary/aromatic N) is 2. The monoisotopic (exact) mass is 279 g/mol. The molecule has 0 unspecified atom stereocenters. The summed E-state index contributed by atoms with van der Waals surface area (Å²) in [6, 6.07) is 0. The minimum absolute atomic E-state index is 0.152. The third-order valence-electron chi connectivity index (χ3n) is 2.41. The maximum absolute atomic E-state index is 11.9. The first-order valence-corrected chi connectivity index (χ1v) is 7.41. The molecule has 0 atom stereocenters. The van der Waals surface area contributed by atoms with Crippen molar-refractivity contribution in [2.75, 3.05) is 13.6 Å². The van der Waals surface area contributed by atoms with Crippen molar-refractivity contribution in [2.24, 2.45) is 0 Å². The third kappa shape index (κ3) is 2.78. The Kier molecular flexibility index (Phi) is 4.16. The highest BCUT2D eigenvalue weighted by atomic mass is 35.7. The lowest BCUT2D eigenvalue weighted by atomic mass is 10.3. The van der Waals surface area contributed by atoms with Crippen LogP contribution in [0.3, 0.4) is 0 Å². The van der Waals surface area contributed by atoms with Crippen LogP contribution in [-0.2, 0) is 15.5 Å². The molecular weight excluding hydrogens is 266 g/mol. The Balaban J connectivity index is 3.37. The van der Waals surface area contributed by atoms with Crippen LogP contribution in [0.15, 0.2) is 4.90 Å². The van der Waals surface area contributed by atoms with Crippen LogP contribution in [-0.4, -0.2) is 43.0 Å². The summed E-state index contributed by atoms with van der Waals surface area (Å²) in [4.78, 5) is 13.0. The molecule has 6 nitrogen and oxygen atoms in total. The number of aryl methyl sites for hydroxylation is 1. The summed E-state index contributed by atoms with van der Waals surface area (Å²) in [5.74, 6) is -0.470. The number of nitrogens with one attached hydrogen (secondary N) is 1. The van der Waals surface area contributed by atoms with Gasteiger partial charge in [0.05, 0.1) is 5.69 Å². The number of aromatic amines is 1. The van der Waals surface area contributed by atoms with Crippen LogP contribution in [0, 0.1) is 0 Å². The van der Waals surface area contributed by atoms with E-state index >= 15 is 0 Å². The summed E-state index contributed by atoms with van der Waals surface area (Å²) >= 11 is 0. The van der Waals surface area contributed by atoms with Crippen LogP contribution < -0.4 is 0 Å². The summed E-state index contributed by atoms with van der Waals surface area (Å²) < 4.78 is 22.9. The van der Waals surface area contributed by atoms with E-state index in [0.29, 0.717) is 18.7 Å². The van der Waals surface area contributed by atoms with Crippen molar-refractivity contribution < 1.29 is 13.2 Å². The maximum atomic E-state index is 11.9. The Labute approximate surface area is 104 Å². The molecule has 0 aromatic carbocycles. The predicted octanol–water partition coefficient (Wildman–Crippen LogP) is 0.992. The Bertz CT molecular complexity index is 524. The number of aromatic nitrogens is 2. The van der Waals surface area contributed by atoms with Gasteiger partial charge in [-0.25, -0.2) is 8.42 Å². The fraction of sp³-hybridized carbons (Fsp3) is 0.556. The van der Waals surface area contributed by atoms with E-state index in [0.717, 1.165) is 0 Å². The molecule has 0 aliphatic rings. The molecule has 1 rings (SSSR count). The van der Waals surface area contributed by atoms with E-state index in [1.165, 1.54) is 4.90 Å². The third-order valence-corrected chi connectivity index (χ3v) is 3.80. The van der Waals surface area contributed by atoms with Crippen molar-refractivity contribution in [3.05, 3.63) is 11.4 Å². The number of carbonyl (C=O) groups is 1. The number of amides is 1. The second-order valence-electron chi connectivity index (χ2n) is 3.49. The van der Waals surface area contributed by atoms with Crippen LogP contribution in [0.2, 0.25) is 0 Å². The SMILES string of the molecule is CCc1[nH]nc(C(=O)N(C)CC)c1S(=O)(=O)Cl. The lowest BCUT2D eigenvalue weighted by Gasteiger charge is -2.12. The molecule has 0 aliphatic heterocycles. The molecule has 0 radical (unpaired) electrons. The number of carbonyl (C=O) groups excluding carboxylic acids is 1. The first-order chi connectivity index (χ1) is 7.82. The van der Waals surface area contributed by atoms with Gasteiger partial charge >= 0.3 is 0 Å².